The molecule has 0 saturated heterocycles. The molecule has 29 heavy (non-hydrogen) atoms. The molecule has 0 radical (unpaired) electrons. The molecule has 4 rings (SSSR count). The van der Waals surface area contributed by atoms with Gasteiger partial charge in [0.15, 0.2) is 11.9 Å². The number of halogens is 2. The summed E-state index contributed by atoms with van der Waals surface area (Å²) in [5, 5.41) is 5.50. The van der Waals surface area contributed by atoms with Crippen molar-refractivity contribution in [2.24, 2.45) is 5.16 Å². The summed E-state index contributed by atoms with van der Waals surface area (Å²) >= 11 is 12.1. The third-order valence-electron chi connectivity index (χ3n) is 4.62. The minimum atomic E-state index is -0.251. The van der Waals surface area contributed by atoms with E-state index < -0.39 is 0 Å². The van der Waals surface area contributed by atoms with Crippen LogP contribution in [0.2, 0.25) is 10.0 Å². The van der Waals surface area contributed by atoms with Crippen molar-refractivity contribution in [2.45, 2.75) is 19.1 Å². The molecule has 0 spiro atoms. The normalized spacial score (nSPS) is 15.7. The van der Waals surface area contributed by atoms with E-state index in [-0.39, 0.29) is 17.8 Å². The van der Waals surface area contributed by atoms with E-state index in [9.17, 15) is 4.79 Å². The number of hydrogen-bond donors (Lipinski definition) is 0. The second-order valence-electron chi connectivity index (χ2n) is 6.77. The number of rotatable bonds is 6. The standard InChI is InChI=1S/C22H18Cl2N2O3/c23-17-8-6-16(7-9-17)20-12-19(29-25-20)14-26(22(27)21-5-2-10-28-21)13-15-3-1-4-18(24)11-15/h1-11,19H,12-14H2. The SMILES string of the molecule is O=C(c1ccco1)N(Cc1cccc(Cl)c1)CC1CC(c2ccc(Cl)cc2)=NO1. The third kappa shape index (κ3) is 4.81. The average molecular weight is 429 g/mol. The van der Waals surface area contributed by atoms with E-state index in [1.807, 2.05) is 42.5 Å². The molecule has 0 bridgehead atoms. The van der Waals surface area contributed by atoms with Crippen molar-refractivity contribution in [3.8, 4) is 0 Å². The number of nitrogens with zero attached hydrogens (tertiary/aromatic N) is 2. The molecule has 1 unspecified atom stereocenters. The van der Waals surface area contributed by atoms with Crippen LogP contribution < -0.4 is 0 Å². The Balaban J connectivity index is 1.48. The lowest BCUT2D eigenvalue weighted by Crippen LogP contribution is -2.37. The molecule has 1 aromatic heterocycles. The molecule has 0 N–H and O–H groups in total. The first-order chi connectivity index (χ1) is 14.1. The molecular weight excluding hydrogens is 411 g/mol. The van der Waals surface area contributed by atoms with E-state index in [0.29, 0.717) is 29.6 Å². The summed E-state index contributed by atoms with van der Waals surface area (Å²) in [5.74, 6) is 0.0717. The first-order valence-electron chi connectivity index (χ1n) is 9.14. The molecule has 1 aliphatic heterocycles. The van der Waals surface area contributed by atoms with E-state index >= 15 is 0 Å². The van der Waals surface area contributed by atoms with Crippen molar-refractivity contribution in [3.05, 3.63) is 93.9 Å². The highest BCUT2D eigenvalue weighted by Crippen LogP contribution is 2.22. The average Bonchev–Trinajstić information content (AvgIpc) is 3.40. The van der Waals surface area contributed by atoms with Crippen molar-refractivity contribution in [2.75, 3.05) is 6.54 Å². The molecule has 0 saturated carbocycles. The summed E-state index contributed by atoms with van der Waals surface area (Å²) in [4.78, 5) is 20.3. The van der Waals surface area contributed by atoms with Crippen LogP contribution in [0.3, 0.4) is 0 Å². The largest absolute Gasteiger partial charge is 0.459 e. The van der Waals surface area contributed by atoms with Gasteiger partial charge in [-0.25, -0.2) is 0 Å². The van der Waals surface area contributed by atoms with Gasteiger partial charge in [-0.05, 0) is 47.5 Å². The van der Waals surface area contributed by atoms with Gasteiger partial charge < -0.3 is 14.2 Å². The Kier molecular flexibility index (Phi) is 5.88. The van der Waals surface area contributed by atoms with E-state index in [0.717, 1.165) is 16.8 Å². The maximum atomic E-state index is 13.0. The molecule has 5 nitrogen and oxygen atoms in total. The van der Waals surface area contributed by atoms with Gasteiger partial charge in [-0.2, -0.15) is 0 Å². The Morgan fingerprint density at radius 2 is 1.90 bits per heavy atom. The van der Waals surface area contributed by atoms with Gasteiger partial charge in [-0.1, -0.05) is 52.6 Å². The Hall–Kier alpha value is -2.76. The molecule has 1 aliphatic rings. The summed E-state index contributed by atoms with van der Waals surface area (Å²) in [6.45, 7) is 0.753. The van der Waals surface area contributed by atoms with Gasteiger partial charge in [0.25, 0.3) is 5.91 Å². The molecule has 3 aromatic rings. The molecule has 148 valence electrons. The predicted molar refractivity (Wildman–Crippen MR) is 112 cm³/mol. The van der Waals surface area contributed by atoms with Crippen molar-refractivity contribution in [1.82, 2.24) is 4.90 Å². The van der Waals surface area contributed by atoms with Crippen LogP contribution in [0.15, 0.2) is 76.5 Å². The summed E-state index contributed by atoms with van der Waals surface area (Å²) < 4.78 is 5.30. The highest BCUT2D eigenvalue weighted by Gasteiger charge is 2.28. The maximum Gasteiger partial charge on any atom is 0.289 e. The Labute approximate surface area is 178 Å². The van der Waals surface area contributed by atoms with Crippen LogP contribution in [0.5, 0.6) is 0 Å². The van der Waals surface area contributed by atoms with Crippen molar-refractivity contribution >= 4 is 34.8 Å². The fraction of sp³-hybridized carbons (Fsp3) is 0.182. The fourth-order valence-electron chi connectivity index (χ4n) is 3.22. The van der Waals surface area contributed by atoms with Crippen LogP contribution in [0.1, 0.15) is 28.1 Å². The lowest BCUT2D eigenvalue weighted by atomic mass is 10.0. The number of carbonyl (C=O) groups excluding carboxylic acids is 1. The van der Waals surface area contributed by atoms with Crippen molar-refractivity contribution in [1.29, 1.82) is 0 Å². The Bertz CT molecular complexity index is 1020. The summed E-state index contributed by atoms with van der Waals surface area (Å²) in [5.41, 5.74) is 2.71. The van der Waals surface area contributed by atoms with Gasteiger partial charge >= 0.3 is 0 Å². The van der Waals surface area contributed by atoms with Gasteiger partial charge in [0, 0.05) is 23.0 Å². The molecule has 2 heterocycles. The zero-order valence-electron chi connectivity index (χ0n) is 15.4. The Morgan fingerprint density at radius 1 is 1.07 bits per heavy atom. The fourth-order valence-corrected chi connectivity index (χ4v) is 3.55. The van der Waals surface area contributed by atoms with Gasteiger partial charge in [-0.3, -0.25) is 4.79 Å². The van der Waals surface area contributed by atoms with E-state index in [1.54, 1.807) is 23.1 Å². The molecular formula is C22H18Cl2N2O3. The minimum Gasteiger partial charge on any atom is -0.459 e. The number of amides is 1. The van der Waals surface area contributed by atoms with Crippen LogP contribution in [0, 0.1) is 0 Å². The Morgan fingerprint density at radius 3 is 2.62 bits per heavy atom. The highest BCUT2D eigenvalue weighted by atomic mass is 35.5. The highest BCUT2D eigenvalue weighted by molar-refractivity contribution is 6.31. The summed E-state index contributed by atoms with van der Waals surface area (Å²) in [7, 11) is 0. The van der Waals surface area contributed by atoms with Gasteiger partial charge in [0.2, 0.25) is 0 Å². The van der Waals surface area contributed by atoms with Crippen LogP contribution in [-0.2, 0) is 11.4 Å². The van der Waals surface area contributed by atoms with E-state index in [1.165, 1.54) is 6.26 Å². The van der Waals surface area contributed by atoms with Gasteiger partial charge in [0.1, 0.15) is 0 Å². The zero-order valence-corrected chi connectivity index (χ0v) is 16.9. The second-order valence-corrected chi connectivity index (χ2v) is 7.64. The molecule has 0 aliphatic carbocycles. The van der Waals surface area contributed by atoms with Gasteiger partial charge in [-0.15, -0.1) is 0 Å². The third-order valence-corrected chi connectivity index (χ3v) is 5.10. The molecule has 1 amide bonds. The van der Waals surface area contributed by atoms with Crippen molar-refractivity contribution in [3.63, 3.8) is 0 Å². The van der Waals surface area contributed by atoms with Crippen LogP contribution >= 0.6 is 23.2 Å². The molecule has 7 heteroatoms. The summed E-state index contributed by atoms with van der Waals surface area (Å²) in [6, 6.07) is 18.2. The number of carbonyl (C=O) groups is 1. The lowest BCUT2D eigenvalue weighted by Gasteiger charge is -2.24. The summed E-state index contributed by atoms with van der Waals surface area (Å²) in [6.07, 6.45) is 1.83. The smallest absolute Gasteiger partial charge is 0.289 e. The van der Waals surface area contributed by atoms with E-state index in [2.05, 4.69) is 5.16 Å². The monoisotopic (exact) mass is 428 g/mol. The first kappa shape index (κ1) is 19.6. The zero-order chi connectivity index (χ0) is 20.2. The number of oxime groups is 1. The lowest BCUT2D eigenvalue weighted by molar-refractivity contribution is 0.0387. The second kappa shape index (κ2) is 8.72. The van der Waals surface area contributed by atoms with Crippen LogP contribution in [0.4, 0.5) is 0 Å². The van der Waals surface area contributed by atoms with Crippen molar-refractivity contribution < 1.29 is 14.0 Å². The number of hydrogen-bond acceptors (Lipinski definition) is 4. The van der Waals surface area contributed by atoms with E-state index in [4.69, 9.17) is 32.5 Å². The van der Waals surface area contributed by atoms with Gasteiger partial charge in [0.05, 0.1) is 18.5 Å². The maximum absolute atomic E-state index is 13.0. The quantitative estimate of drug-likeness (QED) is 0.526. The predicted octanol–water partition coefficient (Wildman–Crippen LogP) is 5.42. The first-order valence-corrected chi connectivity index (χ1v) is 9.90. The topological polar surface area (TPSA) is 55.0 Å². The number of furan rings is 1. The van der Waals surface area contributed by atoms with Crippen LogP contribution in [-0.4, -0.2) is 29.2 Å². The van der Waals surface area contributed by atoms with Crippen LogP contribution in [0.25, 0.3) is 0 Å². The molecule has 1 atom stereocenters. The molecule has 2 aromatic carbocycles. The minimum absolute atomic E-state index is 0.210. The number of benzene rings is 2. The molecule has 0 fully saturated rings.